The van der Waals surface area contributed by atoms with E-state index in [4.69, 9.17) is 4.98 Å². The third-order valence-corrected chi connectivity index (χ3v) is 7.42. The van der Waals surface area contributed by atoms with Gasteiger partial charge < -0.3 is 4.90 Å². The largest absolute Gasteiger partial charge is 0.337 e. The number of piperidine rings is 1. The monoisotopic (exact) mass is 422 g/mol. The molecule has 5 nitrogen and oxygen atoms in total. The van der Waals surface area contributed by atoms with Crippen molar-refractivity contribution < 1.29 is 4.79 Å². The van der Waals surface area contributed by atoms with Gasteiger partial charge in [0.15, 0.2) is 10.7 Å². The van der Waals surface area contributed by atoms with Gasteiger partial charge in [0.25, 0.3) is 5.91 Å². The number of likely N-dealkylation sites (tertiary alicyclic amines) is 2. The first-order chi connectivity index (χ1) is 14.8. The summed E-state index contributed by atoms with van der Waals surface area (Å²) >= 11 is 1.62. The zero-order valence-electron chi connectivity index (χ0n) is 17.5. The molecule has 0 N–H and O–H groups in total. The number of carbonyl (C=O) groups is 1. The van der Waals surface area contributed by atoms with Crippen molar-refractivity contribution >= 4 is 22.2 Å². The summed E-state index contributed by atoms with van der Waals surface area (Å²) in [6.07, 6.45) is 10.4. The molecule has 1 atom stereocenters. The molecule has 4 heterocycles. The molecule has 2 saturated heterocycles. The van der Waals surface area contributed by atoms with E-state index in [1.54, 1.807) is 11.3 Å². The molecule has 6 heteroatoms. The number of amides is 1. The van der Waals surface area contributed by atoms with Crippen molar-refractivity contribution in [2.45, 2.75) is 57.5 Å². The minimum absolute atomic E-state index is 0.122. The van der Waals surface area contributed by atoms with E-state index >= 15 is 0 Å². The Hall–Kier alpha value is -2.18. The van der Waals surface area contributed by atoms with Crippen LogP contribution in [0, 0.1) is 0 Å². The maximum Gasteiger partial charge on any atom is 0.274 e. The van der Waals surface area contributed by atoms with Crippen LogP contribution >= 0.6 is 11.3 Å². The van der Waals surface area contributed by atoms with E-state index in [2.05, 4.69) is 51.2 Å². The van der Waals surface area contributed by atoms with Crippen molar-refractivity contribution in [3.63, 3.8) is 0 Å². The van der Waals surface area contributed by atoms with Gasteiger partial charge in [0.2, 0.25) is 0 Å². The van der Waals surface area contributed by atoms with E-state index in [1.165, 1.54) is 31.2 Å². The minimum Gasteiger partial charge on any atom is -0.337 e. The molecule has 0 saturated carbocycles. The van der Waals surface area contributed by atoms with Crippen molar-refractivity contribution in [3.05, 3.63) is 58.9 Å². The van der Waals surface area contributed by atoms with Crippen LogP contribution in [0.5, 0.6) is 0 Å². The summed E-state index contributed by atoms with van der Waals surface area (Å²) in [6, 6.07) is 11.4. The van der Waals surface area contributed by atoms with Crippen LogP contribution in [-0.2, 0) is 13.0 Å². The number of fused-ring (bicyclic) bond motifs is 1. The Morgan fingerprint density at radius 3 is 2.70 bits per heavy atom. The molecule has 0 aliphatic carbocycles. The lowest BCUT2D eigenvalue weighted by Gasteiger charge is -2.36. The SMILES string of the molecule is O=C(c1nc2sccn2c1CN1CCCCC1CCc1ccccc1)N1CCCC1. The van der Waals surface area contributed by atoms with Gasteiger partial charge in [0.1, 0.15) is 0 Å². The van der Waals surface area contributed by atoms with Crippen LogP contribution in [0.1, 0.15) is 60.3 Å². The van der Waals surface area contributed by atoms with E-state index < -0.39 is 0 Å². The summed E-state index contributed by atoms with van der Waals surface area (Å²) < 4.78 is 2.15. The molecule has 0 spiro atoms. The maximum absolute atomic E-state index is 13.2. The molecule has 2 fully saturated rings. The summed E-state index contributed by atoms with van der Waals surface area (Å²) in [7, 11) is 0. The lowest BCUT2D eigenvalue weighted by Crippen LogP contribution is -2.40. The summed E-state index contributed by atoms with van der Waals surface area (Å²) in [5.74, 6) is 0.122. The third kappa shape index (κ3) is 4.03. The van der Waals surface area contributed by atoms with Gasteiger partial charge in [-0.2, -0.15) is 0 Å². The molecule has 1 aromatic carbocycles. The van der Waals surface area contributed by atoms with Crippen molar-refractivity contribution in [1.82, 2.24) is 19.2 Å². The molecule has 0 radical (unpaired) electrons. The molecular formula is C24H30N4OS. The van der Waals surface area contributed by atoms with E-state index in [1.807, 2.05) is 4.90 Å². The number of nitrogens with zero attached hydrogens (tertiary/aromatic N) is 4. The Labute approximate surface area is 182 Å². The average molecular weight is 423 g/mol. The first-order valence-electron chi connectivity index (χ1n) is 11.3. The van der Waals surface area contributed by atoms with Crippen LogP contribution in [-0.4, -0.2) is 50.8 Å². The zero-order valence-corrected chi connectivity index (χ0v) is 18.3. The topological polar surface area (TPSA) is 40.9 Å². The molecule has 158 valence electrons. The molecule has 3 aromatic rings. The van der Waals surface area contributed by atoms with E-state index in [-0.39, 0.29) is 5.91 Å². The van der Waals surface area contributed by atoms with Crippen molar-refractivity contribution in [3.8, 4) is 0 Å². The highest BCUT2D eigenvalue weighted by Crippen LogP contribution is 2.27. The highest BCUT2D eigenvalue weighted by molar-refractivity contribution is 7.15. The number of thiazole rings is 1. The third-order valence-electron chi connectivity index (χ3n) is 6.67. The van der Waals surface area contributed by atoms with E-state index in [0.29, 0.717) is 11.7 Å². The van der Waals surface area contributed by atoms with Crippen LogP contribution < -0.4 is 0 Å². The van der Waals surface area contributed by atoms with Gasteiger partial charge in [-0.25, -0.2) is 4.98 Å². The van der Waals surface area contributed by atoms with Crippen LogP contribution in [0.25, 0.3) is 4.96 Å². The number of hydrogen-bond acceptors (Lipinski definition) is 4. The van der Waals surface area contributed by atoms with Crippen LogP contribution in [0.2, 0.25) is 0 Å². The lowest BCUT2D eigenvalue weighted by molar-refractivity contribution is 0.0781. The molecule has 2 aromatic heterocycles. The lowest BCUT2D eigenvalue weighted by atomic mass is 9.95. The summed E-state index contributed by atoms with van der Waals surface area (Å²) in [4.78, 5) is 23.5. The van der Waals surface area contributed by atoms with Gasteiger partial charge >= 0.3 is 0 Å². The molecule has 0 bridgehead atoms. The van der Waals surface area contributed by atoms with Gasteiger partial charge in [-0.15, -0.1) is 11.3 Å². The fourth-order valence-electron chi connectivity index (χ4n) is 4.99. The highest BCUT2D eigenvalue weighted by Gasteiger charge is 2.29. The number of aromatic nitrogens is 2. The second-order valence-electron chi connectivity index (χ2n) is 8.61. The molecule has 30 heavy (non-hydrogen) atoms. The number of rotatable bonds is 6. The number of carbonyl (C=O) groups excluding carboxylic acids is 1. The van der Waals surface area contributed by atoms with Crippen molar-refractivity contribution in [1.29, 1.82) is 0 Å². The summed E-state index contributed by atoms with van der Waals surface area (Å²) in [5, 5.41) is 2.07. The van der Waals surface area contributed by atoms with Gasteiger partial charge in [-0.05, 0) is 50.6 Å². The predicted molar refractivity (Wildman–Crippen MR) is 121 cm³/mol. The average Bonchev–Trinajstić information content (AvgIpc) is 3.53. The van der Waals surface area contributed by atoms with Crippen LogP contribution in [0.15, 0.2) is 41.9 Å². The Morgan fingerprint density at radius 2 is 1.87 bits per heavy atom. The molecule has 1 unspecified atom stereocenters. The van der Waals surface area contributed by atoms with Gasteiger partial charge in [0.05, 0.1) is 5.69 Å². The van der Waals surface area contributed by atoms with Crippen molar-refractivity contribution in [2.75, 3.05) is 19.6 Å². The van der Waals surface area contributed by atoms with Gasteiger partial charge in [-0.3, -0.25) is 14.1 Å². The first kappa shape index (κ1) is 19.8. The van der Waals surface area contributed by atoms with E-state index in [0.717, 1.165) is 56.1 Å². The quantitative estimate of drug-likeness (QED) is 0.582. The van der Waals surface area contributed by atoms with Crippen molar-refractivity contribution in [2.24, 2.45) is 0 Å². The molecule has 2 aliphatic heterocycles. The van der Waals surface area contributed by atoms with Crippen LogP contribution in [0.3, 0.4) is 0 Å². The summed E-state index contributed by atoms with van der Waals surface area (Å²) in [5.41, 5.74) is 3.17. The predicted octanol–water partition coefficient (Wildman–Crippen LogP) is 4.62. The Bertz CT molecular complexity index is 989. The Balaban J connectivity index is 1.37. The molecular weight excluding hydrogens is 392 g/mol. The Morgan fingerprint density at radius 1 is 1.07 bits per heavy atom. The van der Waals surface area contributed by atoms with Crippen LogP contribution in [0.4, 0.5) is 0 Å². The number of benzene rings is 1. The zero-order chi connectivity index (χ0) is 20.3. The second-order valence-corrected chi connectivity index (χ2v) is 9.48. The minimum atomic E-state index is 0.122. The Kier molecular flexibility index (Phi) is 5.86. The standard InChI is InChI=1S/C24H30N4OS/c29-23(26-13-6-7-14-26)22-21(28-16-17-30-24(28)25-22)18-27-15-5-4-10-20(27)12-11-19-8-2-1-3-9-19/h1-3,8-9,16-17,20H,4-7,10-15,18H2. The molecule has 1 amide bonds. The smallest absolute Gasteiger partial charge is 0.274 e. The van der Waals surface area contributed by atoms with Gasteiger partial charge in [0, 0.05) is 37.3 Å². The summed E-state index contributed by atoms with van der Waals surface area (Å²) in [6.45, 7) is 3.65. The number of hydrogen-bond donors (Lipinski definition) is 0. The fraction of sp³-hybridized carbons (Fsp3) is 0.500. The first-order valence-corrected chi connectivity index (χ1v) is 12.2. The van der Waals surface area contributed by atoms with E-state index in [9.17, 15) is 4.79 Å². The number of imidazole rings is 1. The number of aryl methyl sites for hydroxylation is 1. The molecule has 5 rings (SSSR count). The van der Waals surface area contributed by atoms with Gasteiger partial charge in [-0.1, -0.05) is 36.8 Å². The fourth-order valence-corrected chi connectivity index (χ4v) is 5.72. The highest BCUT2D eigenvalue weighted by atomic mass is 32.1. The molecule has 2 aliphatic rings. The normalized spacial score (nSPS) is 20.3. The maximum atomic E-state index is 13.2. The second kappa shape index (κ2) is 8.90.